The fraction of sp³-hybridized carbons (Fsp3) is 0.286. The van der Waals surface area contributed by atoms with Crippen molar-refractivity contribution in [2.24, 2.45) is 0 Å². The highest BCUT2D eigenvalue weighted by Gasteiger charge is 2.11. The number of ether oxygens (including phenoxy) is 1. The van der Waals surface area contributed by atoms with E-state index >= 15 is 0 Å². The van der Waals surface area contributed by atoms with Gasteiger partial charge in [0.25, 0.3) is 0 Å². The number of aryl methyl sites for hydroxylation is 1. The normalized spacial score (nSPS) is 10.4. The van der Waals surface area contributed by atoms with Gasteiger partial charge >= 0.3 is 5.97 Å². The van der Waals surface area contributed by atoms with Crippen LogP contribution in [0.25, 0.3) is 0 Å². The Labute approximate surface area is 115 Å². The summed E-state index contributed by atoms with van der Waals surface area (Å²) in [5.74, 6) is -0.180. The number of benzene rings is 1. The molecule has 4 nitrogen and oxygen atoms in total. The van der Waals surface area contributed by atoms with Gasteiger partial charge in [-0.15, -0.1) is 11.3 Å². The molecule has 0 radical (unpaired) electrons. The molecule has 0 bridgehead atoms. The van der Waals surface area contributed by atoms with Crippen molar-refractivity contribution >= 4 is 17.3 Å². The number of thiazole rings is 1. The quantitative estimate of drug-likeness (QED) is 0.912. The second kappa shape index (κ2) is 5.84. The van der Waals surface area contributed by atoms with Gasteiger partial charge in [-0.25, -0.2) is 9.78 Å². The molecule has 0 aliphatic rings. The van der Waals surface area contributed by atoms with Crippen LogP contribution in [0.5, 0.6) is 5.75 Å². The maximum atomic E-state index is 10.8. The van der Waals surface area contributed by atoms with Gasteiger partial charge in [0, 0.05) is 17.4 Å². The summed E-state index contributed by atoms with van der Waals surface area (Å²) in [5.41, 5.74) is 2.37. The lowest BCUT2D eigenvalue weighted by Gasteiger charge is -2.08. The van der Waals surface area contributed by atoms with Crippen LogP contribution in [-0.4, -0.2) is 23.2 Å². The number of nitrogens with zero attached hydrogens (tertiary/aromatic N) is 1. The predicted molar refractivity (Wildman–Crippen MR) is 74.3 cm³/mol. The number of hydrogen-bond acceptors (Lipinski definition) is 4. The molecule has 5 heteroatoms. The van der Waals surface area contributed by atoms with Gasteiger partial charge in [0.05, 0.1) is 12.1 Å². The Morgan fingerprint density at radius 3 is 2.84 bits per heavy atom. The largest absolute Gasteiger partial charge is 0.496 e. The minimum Gasteiger partial charge on any atom is -0.496 e. The van der Waals surface area contributed by atoms with Gasteiger partial charge in [0.2, 0.25) is 0 Å². The van der Waals surface area contributed by atoms with Crippen LogP contribution in [0, 0.1) is 0 Å². The zero-order valence-corrected chi connectivity index (χ0v) is 11.7. The second-order valence-corrected chi connectivity index (χ2v) is 5.05. The first-order valence-corrected chi connectivity index (χ1v) is 6.85. The third-order valence-corrected chi connectivity index (χ3v) is 3.71. The molecular formula is C14H15NO3S. The number of aromatic carboxylic acids is 1. The molecule has 0 atom stereocenters. The molecular weight excluding hydrogens is 262 g/mol. The summed E-state index contributed by atoms with van der Waals surface area (Å²) in [6.07, 6.45) is 1.55. The van der Waals surface area contributed by atoms with Crippen molar-refractivity contribution in [1.82, 2.24) is 4.98 Å². The van der Waals surface area contributed by atoms with Crippen LogP contribution in [0.3, 0.4) is 0 Å². The van der Waals surface area contributed by atoms with E-state index in [4.69, 9.17) is 9.84 Å². The number of carbonyl (C=O) groups is 1. The highest BCUT2D eigenvalue weighted by atomic mass is 32.1. The molecule has 19 heavy (non-hydrogen) atoms. The number of carboxylic acids is 1. The van der Waals surface area contributed by atoms with E-state index in [1.807, 2.05) is 12.1 Å². The lowest BCUT2D eigenvalue weighted by molar-refractivity contribution is 0.0691. The van der Waals surface area contributed by atoms with Crippen molar-refractivity contribution in [3.63, 3.8) is 0 Å². The molecule has 2 aromatic rings. The van der Waals surface area contributed by atoms with E-state index in [1.165, 1.54) is 16.9 Å². The summed E-state index contributed by atoms with van der Waals surface area (Å²) in [6.45, 7) is 2.09. The summed E-state index contributed by atoms with van der Waals surface area (Å²) in [4.78, 5) is 14.9. The van der Waals surface area contributed by atoms with Crippen molar-refractivity contribution in [3.05, 3.63) is 45.4 Å². The third-order valence-electron chi connectivity index (χ3n) is 2.87. The molecule has 0 amide bonds. The van der Waals surface area contributed by atoms with Crippen LogP contribution in [0.15, 0.2) is 23.6 Å². The molecule has 0 aliphatic carbocycles. The average molecular weight is 277 g/mol. The monoisotopic (exact) mass is 277 g/mol. The van der Waals surface area contributed by atoms with E-state index in [0.29, 0.717) is 6.42 Å². The van der Waals surface area contributed by atoms with Gasteiger partial charge < -0.3 is 9.84 Å². The number of rotatable bonds is 5. The molecule has 0 spiro atoms. The maximum absolute atomic E-state index is 10.8. The Morgan fingerprint density at radius 2 is 2.26 bits per heavy atom. The van der Waals surface area contributed by atoms with Crippen LogP contribution in [-0.2, 0) is 12.8 Å². The van der Waals surface area contributed by atoms with Gasteiger partial charge in [0.1, 0.15) is 5.75 Å². The molecule has 0 saturated carbocycles. The van der Waals surface area contributed by atoms with E-state index in [0.717, 1.165) is 22.7 Å². The Bertz CT molecular complexity index is 592. The van der Waals surface area contributed by atoms with Crippen molar-refractivity contribution in [3.8, 4) is 5.75 Å². The molecule has 0 unspecified atom stereocenters. The first-order chi connectivity index (χ1) is 9.13. The fourth-order valence-corrected chi connectivity index (χ4v) is 2.63. The Kier molecular flexibility index (Phi) is 4.16. The minimum atomic E-state index is -0.989. The molecule has 1 aromatic heterocycles. The highest BCUT2D eigenvalue weighted by Crippen LogP contribution is 2.24. The van der Waals surface area contributed by atoms with E-state index in [1.54, 1.807) is 12.5 Å². The summed E-state index contributed by atoms with van der Waals surface area (Å²) >= 11 is 1.36. The smallest absolute Gasteiger partial charge is 0.355 e. The van der Waals surface area contributed by atoms with E-state index in [9.17, 15) is 4.79 Å². The van der Waals surface area contributed by atoms with E-state index in [2.05, 4.69) is 18.0 Å². The van der Waals surface area contributed by atoms with Gasteiger partial charge in [-0.05, 0) is 18.1 Å². The standard InChI is InChI=1S/C14H15NO3S/c1-3-9-4-5-12(18-2)10(6-9)7-13-15-11(8-19-13)14(16)17/h4-6,8H,3,7H2,1-2H3,(H,16,17). The van der Waals surface area contributed by atoms with E-state index < -0.39 is 5.97 Å². The summed E-state index contributed by atoms with van der Waals surface area (Å²) in [5, 5.41) is 11.2. The van der Waals surface area contributed by atoms with Crippen LogP contribution in [0.4, 0.5) is 0 Å². The second-order valence-electron chi connectivity index (χ2n) is 4.11. The predicted octanol–water partition coefficient (Wildman–Crippen LogP) is 3.00. The van der Waals surface area contributed by atoms with Crippen LogP contribution in [0.2, 0.25) is 0 Å². The van der Waals surface area contributed by atoms with Crippen molar-refractivity contribution in [1.29, 1.82) is 0 Å². The maximum Gasteiger partial charge on any atom is 0.355 e. The Hall–Kier alpha value is -1.88. The van der Waals surface area contributed by atoms with Gasteiger partial charge in [-0.1, -0.05) is 19.1 Å². The van der Waals surface area contributed by atoms with Gasteiger partial charge in [-0.3, -0.25) is 0 Å². The van der Waals surface area contributed by atoms with Gasteiger partial charge in [-0.2, -0.15) is 0 Å². The molecule has 0 aliphatic heterocycles. The molecule has 1 aromatic carbocycles. The summed E-state index contributed by atoms with van der Waals surface area (Å²) in [7, 11) is 1.63. The van der Waals surface area contributed by atoms with Crippen LogP contribution in [0.1, 0.15) is 33.5 Å². The molecule has 0 fully saturated rings. The summed E-state index contributed by atoms with van der Waals surface area (Å²) in [6, 6.07) is 6.06. The topological polar surface area (TPSA) is 59.4 Å². The Morgan fingerprint density at radius 1 is 1.47 bits per heavy atom. The third kappa shape index (κ3) is 3.12. The number of carboxylic acid groups (broad SMARTS) is 1. The van der Waals surface area contributed by atoms with Crippen LogP contribution >= 0.6 is 11.3 Å². The van der Waals surface area contributed by atoms with Crippen molar-refractivity contribution in [2.75, 3.05) is 7.11 Å². The van der Waals surface area contributed by atoms with Crippen molar-refractivity contribution < 1.29 is 14.6 Å². The zero-order valence-electron chi connectivity index (χ0n) is 10.8. The zero-order chi connectivity index (χ0) is 13.8. The average Bonchev–Trinajstić information content (AvgIpc) is 2.87. The highest BCUT2D eigenvalue weighted by molar-refractivity contribution is 7.09. The SMILES string of the molecule is CCc1ccc(OC)c(Cc2nc(C(=O)O)cs2)c1. The minimum absolute atomic E-state index is 0.102. The first-order valence-electron chi connectivity index (χ1n) is 5.97. The molecule has 0 saturated heterocycles. The molecule has 2 rings (SSSR count). The van der Waals surface area contributed by atoms with Crippen LogP contribution < -0.4 is 4.74 Å². The molecule has 100 valence electrons. The number of hydrogen-bond donors (Lipinski definition) is 1. The molecule has 1 N–H and O–H groups in total. The van der Waals surface area contributed by atoms with E-state index in [-0.39, 0.29) is 5.69 Å². The fourth-order valence-electron chi connectivity index (χ4n) is 1.84. The number of aromatic nitrogens is 1. The Balaban J connectivity index is 2.27. The lowest BCUT2D eigenvalue weighted by Crippen LogP contribution is -1.98. The van der Waals surface area contributed by atoms with Crippen molar-refractivity contribution in [2.45, 2.75) is 19.8 Å². The number of methoxy groups -OCH3 is 1. The molecule has 1 heterocycles. The first kappa shape index (κ1) is 13.5. The lowest BCUT2D eigenvalue weighted by atomic mass is 10.1. The van der Waals surface area contributed by atoms with Gasteiger partial charge in [0.15, 0.2) is 5.69 Å². The summed E-state index contributed by atoms with van der Waals surface area (Å²) < 4.78 is 5.33.